The Kier molecular flexibility index (Phi) is 8.53. The first-order valence-electron chi connectivity index (χ1n) is 6.51. The van der Waals surface area contributed by atoms with Crippen LogP contribution in [0.5, 0.6) is 0 Å². The molecule has 0 heterocycles. The molecule has 0 amide bonds. The van der Waals surface area contributed by atoms with E-state index in [4.69, 9.17) is 0 Å². The lowest BCUT2D eigenvalue weighted by Crippen LogP contribution is -2.62. The van der Waals surface area contributed by atoms with Crippen LogP contribution in [0, 0.1) is 0 Å². The molecule has 0 aromatic rings. The molecule has 0 aliphatic carbocycles. The van der Waals surface area contributed by atoms with E-state index in [-0.39, 0.29) is 0 Å². The standard InChI is InChI=1S/C9H3BF18O3/c11-1(12)4(17,7(20,21)22)29-10(30-5(18,2(13)14)8(23,24)25)31-6(19,3(15)16)9(26,27)28/h1-3H. The summed E-state index contributed by atoms with van der Waals surface area (Å²) in [6.45, 7) is 0. The molecule has 0 saturated carbocycles. The van der Waals surface area contributed by atoms with Crippen LogP contribution in [0.4, 0.5) is 79.0 Å². The first-order valence-corrected chi connectivity index (χ1v) is 6.51. The van der Waals surface area contributed by atoms with Gasteiger partial charge in [-0.3, -0.25) is 0 Å². The van der Waals surface area contributed by atoms with Crippen molar-refractivity contribution < 1.29 is 93.0 Å². The van der Waals surface area contributed by atoms with Crippen LogP contribution in [0.25, 0.3) is 0 Å². The van der Waals surface area contributed by atoms with Crippen molar-refractivity contribution in [2.24, 2.45) is 0 Å². The third-order valence-corrected chi connectivity index (χ3v) is 2.80. The summed E-state index contributed by atoms with van der Waals surface area (Å²) >= 11 is 0. The number of hydrogen-bond acceptors (Lipinski definition) is 3. The predicted octanol–water partition coefficient (Wildman–Crippen LogP) is 5.50. The molecule has 0 rings (SSSR count). The van der Waals surface area contributed by atoms with E-state index < -0.39 is 62.7 Å². The van der Waals surface area contributed by atoms with E-state index in [0.717, 1.165) is 0 Å². The Balaban J connectivity index is 6.58. The van der Waals surface area contributed by atoms with Gasteiger partial charge in [0.1, 0.15) is 0 Å². The van der Waals surface area contributed by atoms with Gasteiger partial charge in [-0.05, 0) is 0 Å². The lowest BCUT2D eigenvalue weighted by molar-refractivity contribution is -0.391. The number of halogens is 18. The van der Waals surface area contributed by atoms with Crippen molar-refractivity contribution in [2.75, 3.05) is 0 Å². The molecule has 0 aromatic heterocycles. The molecule has 0 aromatic carbocycles. The Hall–Kier alpha value is -1.32. The van der Waals surface area contributed by atoms with E-state index in [9.17, 15) is 79.0 Å². The summed E-state index contributed by atoms with van der Waals surface area (Å²) in [6, 6.07) is 0. The summed E-state index contributed by atoms with van der Waals surface area (Å²) in [5.41, 5.74) is 0. The Labute approximate surface area is 157 Å². The molecule has 0 bridgehead atoms. The molecular weight excluding hydrogens is 509 g/mol. The largest absolute Gasteiger partial charge is 0.647 e. The zero-order chi connectivity index (χ0) is 25.4. The molecule has 31 heavy (non-hydrogen) atoms. The second kappa shape index (κ2) is 8.91. The van der Waals surface area contributed by atoms with Crippen LogP contribution in [-0.2, 0) is 14.0 Å². The summed E-state index contributed by atoms with van der Waals surface area (Å²) < 4.78 is 232. The highest BCUT2D eigenvalue weighted by Gasteiger charge is 2.74. The molecule has 3 atom stereocenters. The molecule has 0 fully saturated rings. The van der Waals surface area contributed by atoms with Crippen molar-refractivity contribution in [3.8, 4) is 0 Å². The molecule has 0 aliphatic heterocycles. The fourth-order valence-electron chi connectivity index (χ4n) is 1.22. The fraction of sp³-hybridized carbons (Fsp3) is 1.00. The van der Waals surface area contributed by atoms with Gasteiger partial charge in [0.2, 0.25) is 0 Å². The minimum atomic E-state index is -7.18. The first kappa shape index (κ1) is 29.7. The Morgan fingerprint density at radius 3 is 0.645 bits per heavy atom. The van der Waals surface area contributed by atoms with Crippen molar-refractivity contribution in [3.63, 3.8) is 0 Å². The van der Waals surface area contributed by atoms with Gasteiger partial charge in [-0.2, -0.15) is 52.7 Å². The van der Waals surface area contributed by atoms with Gasteiger partial charge >= 0.3 is 62.7 Å². The maximum atomic E-state index is 13.4. The minimum absolute atomic E-state index is 2.21. The van der Waals surface area contributed by atoms with E-state index in [1.807, 2.05) is 0 Å². The Morgan fingerprint density at radius 1 is 0.387 bits per heavy atom. The van der Waals surface area contributed by atoms with Gasteiger partial charge in [0.05, 0.1) is 0 Å². The molecule has 0 N–H and O–H groups in total. The van der Waals surface area contributed by atoms with E-state index in [1.54, 1.807) is 0 Å². The highest BCUT2D eigenvalue weighted by atomic mass is 19.4. The molecule has 3 nitrogen and oxygen atoms in total. The van der Waals surface area contributed by atoms with Gasteiger partial charge in [-0.1, -0.05) is 0 Å². The van der Waals surface area contributed by atoms with E-state index in [2.05, 4.69) is 14.0 Å². The minimum Gasteiger partial charge on any atom is -0.341 e. The van der Waals surface area contributed by atoms with Gasteiger partial charge in [-0.15, -0.1) is 0 Å². The first-order chi connectivity index (χ1) is 13.4. The normalized spacial score (nSPS) is 20.0. The van der Waals surface area contributed by atoms with Crippen LogP contribution in [0.3, 0.4) is 0 Å². The zero-order valence-corrected chi connectivity index (χ0v) is 13.3. The van der Waals surface area contributed by atoms with Crippen LogP contribution in [0.15, 0.2) is 0 Å². The van der Waals surface area contributed by atoms with Crippen molar-refractivity contribution in [1.29, 1.82) is 0 Å². The highest BCUT2D eigenvalue weighted by Crippen LogP contribution is 2.47. The van der Waals surface area contributed by atoms with Gasteiger partial charge in [0.15, 0.2) is 0 Å². The van der Waals surface area contributed by atoms with Gasteiger partial charge in [0.25, 0.3) is 0 Å². The molecule has 186 valence electrons. The fourth-order valence-corrected chi connectivity index (χ4v) is 1.22. The molecule has 0 radical (unpaired) electrons. The van der Waals surface area contributed by atoms with Crippen molar-refractivity contribution in [3.05, 3.63) is 0 Å². The number of alkyl halides is 18. The number of rotatable bonds is 9. The van der Waals surface area contributed by atoms with Gasteiger partial charge in [-0.25, -0.2) is 26.3 Å². The third-order valence-electron chi connectivity index (χ3n) is 2.80. The quantitative estimate of drug-likeness (QED) is 0.302. The SMILES string of the molecule is FC(F)C(F)(OB(OC(F)(C(F)F)C(F)(F)F)OC(F)(C(F)F)C(F)(F)F)C(F)(F)F. The van der Waals surface area contributed by atoms with Crippen LogP contribution >= 0.6 is 0 Å². The summed E-state index contributed by atoms with van der Waals surface area (Å²) in [4.78, 5) is 0. The predicted molar refractivity (Wildman–Crippen MR) is 56.7 cm³/mol. The van der Waals surface area contributed by atoms with E-state index in [0.29, 0.717) is 0 Å². The molecule has 3 unspecified atom stereocenters. The summed E-state index contributed by atoms with van der Waals surface area (Å²) in [5, 5.41) is 0. The second-order valence-corrected chi connectivity index (χ2v) is 4.97. The maximum absolute atomic E-state index is 13.4. The van der Waals surface area contributed by atoms with Gasteiger partial charge < -0.3 is 14.0 Å². The van der Waals surface area contributed by atoms with Crippen molar-refractivity contribution in [2.45, 2.75) is 55.4 Å². The van der Waals surface area contributed by atoms with Crippen LogP contribution in [0.1, 0.15) is 0 Å². The molecular formula is C9H3BF18O3. The second-order valence-electron chi connectivity index (χ2n) is 4.97. The topological polar surface area (TPSA) is 27.7 Å². The molecule has 0 saturated heterocycles. The summed E-state index contributed by atoms with van der Waals surface area (Å²) in [7, 11) is -5.50. The lowest BCUT2D eigenvalue weighted by Gasteiger charge is -2.36. The van der Waals surface area contributed by atoms with Crippen LogP contribution < -0.4 is 0 Å². The average Bonchev–Trinajstić information content (AvgIpc) is 2.50. The number of hydrogen-bond donors (Lipinski definition) is 0. The monoisotopic (exact) mass is 512 g/mol. The summed E-state index contributed by atoms with van der Waals surface area (Å²) in [5.74, 6) is -20.5. The highest BCUT2D eigenvalue weighted by molar-refractivity contribution is 6.37. The Morgan fingerprint density at radius 2 is 0.548 bits per heavy atom. The lowest BCUT2D eigenvalue weighted by atomic mass is 10.1. The molecule has 0 aliphatic rings. The zero-order valence-electron chi connectivity index (χ0n) is 13.3. The Bertz CT molecular complexity index is 508. The summed E-state index contributed by atoms with van der Waals surface area (Å²) in [6.07, 6.45) is -38.6. The van der Waals surface area contributed by atoms with Crippen molar-refractivity contribution >= 4 is 7.32 Å². The average molecular weight is 512 g/mol. The van der Waals surface area contributed by atoms with Crippen LogP contribution in [-0.4, -0.2) is 62.7 Å². The molecule has 0 spiro atoms. The van der Waals surface area contributed by atoms with Crippen LogP contribution in [0.2, 0.25) is 0 Å². The van der Waals surface area contributed by atoms with Crippen molar-refractivity contribution in [1.82, 2.24) is 0 Å². The van der Waals surface area contributed by atoms with Gasteiger partial charge in [0, 0.05) is 0 Å². The smallest absolute Gasteiger partial charge is 0.341 e. The van der Waals surface area contributed by atoms with E-state index in [1.165, 1.54) is 0 Å². The maximum Gasteiger partial charge on any atom is 0.647 e. The molecule has 22 heteroatoms. The van der Waals surface area contributed by atoms with E-state index >= 15 is 0 Å². The third kappa shape index (κ3) is 5.93.